The van der Waals surface area contributed by atoms with E-state index in [4.69, 9.17) is 11.6 Å². The zero-order chi connectivity index (χ0) is 15.7. The number of hydrogen-bond donors (Lipinski definition) is 1. The van der Waals surface area contributed by atoms with E-state index in [1.807, 2.05) is 36.1 Å². The van der Waals surface area contributed by atoms with Crippen LogP contribution in [0.25, 0.3) is 0 Å². The van der Waals surface area contributed by atoms with E-state index in [2.05, 4.69) is 4.90 Å². The largest absolute Gasteiger partial charge is 0.393 e. The van der Waals surface area contributed by atoms with Crippen LogP contribution < -0.4 is 4.90 Å². The second-order valence-corrected chi connectivity index (χ2v) is 6.82. The van der Waals surface area contributed by atoms with Gasteiger partial charge in [0.1, 0.15) is 0 Å². The molecule has 5 heteroatoms. The summed E-state index contributed by atoms with van der Waals surface area (Å²) in [5.41, 5.74) is 0.888. The van der Waals surface area contributed by atoms with E-state index in [0.717, 1.165) is 44.6 Å². The topological polar surface area (TPSA) is 43.8 Å². The number of hydrogen-bond acceptors (Lipinski definition) is 3. The van der Waals surface area contributed by atoms with E-state index >= 15 is 0 Å². The summed E-state index contributed by atoms with van der Waals surface area (Å²) in [6.45, 7) is 4.41. The van der Waals surface area contributed by atoms with Gasteiger partial charge in [-0.05, 0) is 63.4 Å². The van der Waals surface area contributed by atoms with Crippen LogP contribution in [-0.2, 0) is 4.79 Å². The fraction of sp³-hybridized carbons (Fsp3) is 0.588. The van der Waals surface area contributed by atoms with E-state index in [1.54, 1.807) is 0 Å². The summed E-state index contributed by atoms with van der Waals surface area (Å²) in [4.78, 5) is 16.9. The van der Waals surface area contributed by atoms with Gasteiger partial charge in [0.15, 0.2) is 0 Å². The number of rotatable bonds is 3. The summed E-state index contributed by atoms with van der Waals surface area (Å²) < 4.78 is 0. The van der Waals surface area contributed by atoms with Gasteiger partial charge in [0.25, 0.3) is 0 Å². The number of carbonyl (C=O) groups excluding carboxylic acids is 1. The molecule has 1 amide bonds. The Kier molecular flexibility index (Phi) is 4.71. The number of aliphatic hydroxyl groups is 1. The third-order valence-corrected chi connectivity index (χ3v) is 5.23. The Labute approximate surface area is 136 Å². The fourth-order valence-electron chi connectivity index (χ4n) is 3.62. The number of nitrogens with zero attached hydrogens (tertiary/aromatic N) is 2. The molecule has 3 rings (SSSR count). The third kappa shape index (κ3) is 3.14. The summed E-state index contributed by atoms with van der Waals surface area (Å²) in [6.07, 6.45) is 2.56. The van der Waals surface area contributed by atoms with Crippen molar-refractivity contribution in [3.8, 4) is 0 Å². The number of benzene rings is 1. The molecule has 4 nitrogen and oxygen atoms in total. The quantitative estimate of drug-likeness (QED) is 0.930. The summed E-state index contributed by atoms with van der Waals surface area (Å²) in [5, 5.41) is 10.4. The van der Waals surface area contributed by atoms with Crippen molar-refractivity contribution >= 4 is 23.2 Å². The molecule has 0 radical (unpaired) electrons. The van der Waals surface area contributed by atoms with Crippen molar-refractivity contribution in [2.45, 2.75) is 38.3 Å². The maximum Gasteiger partial charge on any atom is 0.244 e. The number of anilines is 1. The lowest BCUT2D eigenvalue weighted by atomic mass is 9.91. The Morgan fingerprint density at radius 2 is 1.95 bits per heavy atom. The molecule has 2 aliphatic heterocycles. The first-order chi connectivity index (χ1) is 10.6. The van der Waals surface area contributed by atoms with E-state index in [9.17, 15) is 9.90 Å². The number of piperidine rings is 1. The summed E-state index contributed by atoms with van der Waals surface area (Å²) in [6, 6.07) is 7.47. The molecule has 2 heterocycles. The van der Waals surface area contributed by atoms with Crippen molar-refractivity contribution in [2.75, 3.05) is 24.5 Å². The van der Waals surface area contributed by atoms with Crippen LogP contribution in [0.1, 0.15) is 26.2 Å². The Balaban J connectivity index is 1.65. The maximum atomic E-state index is 12.7. The fourth-order valence-corrected chi connectivity index (χ4v) is 3.80. The molecule has 0 aliphatic carbocycles. The highest BCUT2D eigenvalue weighted by molar-refractivity contribution is 6.30. The van der Waals surface area contributed by atoms with Gasteiger partial charge in [-0.1, -0.05) is 17.7 Å². The minimum atomic E-state index is -0.246. The molecule has 2 atom stereocenters. The van der Waals surface area contributed by atoms with Gasteiger partial charge in [0.2, 0.25) is 5.91 Å². The molecular weight excluding hydrogens is 300 g/mol. The Bertz CT molecular complexity index is 541. The SMILES string of the molecule is C[C@H](O)C1CCN([C@@H]2CCN(c3cccc(Cl)c3)C2=O)CC1. The average molecular weight is 323 g/mol. The van der Waals surface area contributed by atoms with E-state index in [-0.39, 0.29) is 18.1 Å². The van der Waals surface area contributed by atoms with Gasteiger partial charge in [-0.2, -0.15) is 0 Å². The highest BCUT2D eigenvalue weighted by Gasteiger charge is 2.38. The number of halogens is 1. The number of carbonyl (C=O) groups is 1. The van der Waals surface area contributed by atoms with Crippen molar-refractivity contribution in [3.05, 3.63) is 29.3 Å². The molecule has 2 aliphatic rings. The second-order valence-electron chi connectivity index (χ2n) is 6.39. The lowest BCUT2D eigenvalue weighted by molar-refractivity contribution is -0.122. The van der Waals surface area contributed by atoms with Crippen LogP contribution >= 0.6 is 11.6 Å². The molecule has 1 N–H and O–H groups in total. The van der Waals surface area contributed by atoms with Crippen molar-refractivity contribution in [1.82, 2.24) is 4.90 Å². The maximum absolute atomic E-state index is 12.7. The molecule has 22 heavy (non-hydrogen) atoms. The first kappa shape index (κ1) is 15.8. The van der Waals surface area contributed by atoms with Crippen molar-refractivity contribution in [2.24, 2.45) is 5.92 Å². The molecule has 0 saturated carbocycles. The molecule has 120 valence electrons. The predicted octanol–water partition coefficient (Wildman–Crippen LogP) is 2.54. The summed E-state index contributed by atoms with van der Waals surface area (Å²) >= 11 is 6.03. The monoisotopic (exact) mass is 322 g/mol. The van der Waals surface area contributed by atoms with Gasteiger partial charge >= 0.3 is 0 Å². The van der Waals surface area contributed by atoms with Gasteiger partial charge in [-0.25, -0.2) is 0 Å². The number of likely N-dealkylation sites (tertiary alicyclic amines) is 1. The first-order valence-corrected chi connectivity index (χ1v) is 8.43. The van der Waals surface area contributed by atoms with Crippen molar-refractivity contribution in [3.63, 3.8) is 0 Å². The van der Waals surface area contributed by atoms with Crippen LogP contribution in [0, 0.1) is 5.92 Å². The lowest BCUT2D eigenvalue weighted by Crippen LogP contribution is -2.47. The summed E-state index contributed by atoms with van der Waals surface area (Å²) in [5.74, 6) is 0.551. The molecule has 2 saturated heterocycles. The van der Waals surface area contributed by atoms with Gasteiger partial charge in [-0.3, -0.25) is 9.69 Å². The van der Waals surface area contributed by atoms with Gasteiger partial charge in [0, 0.05) is 17.3 Å². The Morgan fingerprint density at radius 1 is 1.23 bits per heavy atom. The number of amides is 1. The van der Waals surface area contributed by atoms with Gasteiger partial charge in [-0.15, -0.1) is 0 Å². The minimum Gasteiger partial charge on any atom is -0.393 e. The molecule has 0 spiro atoms. The van der Waals surface area contributed by atoms with Crippen molar-refractivity contribution < 1.29 is 9.90 Å². The van der Waals surface area contributed by atoms with Gasteiger partial charge in [0.05, 0.1) is 12.1 Å². The van der Waals surface area contributed by atoms with Crippen LogP contribution in [0.2, 0.25) is 5.02 Å². The van der Waals surface area contributed by atoms with Crippen LogP contribution in [0.5, 0.6) is 0 Å². The summed E-state index contributed by atoms with van der Waals surface area (Å²) in [7, 11) is 0. The third-order valence-electron chi connectivity index (χ3n) is 4.99. The first-order valence-electron chi connectivity index (χ1n) is 8.05. The predicted molar refractivity (Wildman–Crippen MR) is 88.2 cm³/mol. The van der Waals surface area contributed by atoms with Crippen LogP contribution in [0.4, 0.5) is 5.69 Å². The number of aliphatic hydroxyl groups excluding tert-OH is 1. The zero-order valence-corrected chi connectivity index (χ0v) is 13.7. The molecule has 0 aromatic heterocycles. The van der Waals surface area contributed by atoms with Gasteiger partial charge < -0.3 is 10.0 Å². The van der Waals surface area contributed by atoms with E-state index in [0.29, 0.717) is 10.9 Å². The van der Waals surface area contributed by atoms with E-state index < -0.39 is 0 Å². The second kappa shape index (κ2) is 6.57. The average Bonchev–Trinajstić information content (AvgIpc) is 2.89. The Hall–Kier alpha value is -1.10. The highest BCUT2D eigenvalue weighted by atomic mass is 35.5. The highest BCUT2D eigenvalue weighted by Crippen LogP contribution is 2.29. The Morgan fingerprint density at radius 3 is 2.59 bits per heavy atom. The molecular formula is C17H23ClN2O2. The standard InChI is InChI=1S/C17H23ClN2O2/c1-12(21)13-5-8-19(9-6-13)16-7-10-20(17(16)22)15-4-2-3-14(18)11-15/h2-4,11-13,16,21H,5-10H2,1H3/t12-,16+/m0/s1. The van der Waals surface area contributed by atoms with Crippen LogP contribution in [0.15, 0.2) is 24.3 Å². The van der Waals surface area contributed by atoms with Crippen LogP contribution in [-0.4, -0.2) is 47.7 Å². The normalized spacial score (nSPS) is 25.7. The minimum absolute atomic E-state index is 0.0195. The smallest absolute Gasteiger partial charge is 0.244 e. The van der Waals surface area contributed by atoms with Crippen LogP contribution in [0.3, 0.4) is 0 Å². The molecule has 0 unspecified atom stereocenters. The molecule has 0 bridgehead atoms. The van der Waals surface area contributed by atoms with Crippen molar-refractivity contribution in [1.29, 1.82) is 0 Å². The van der Waals surface area contributed by atoms with E-state index in [1.165, 1.54) is 0 Å². The lowest BCUT2D eigenvalue weighted by Gasteiger charge is -2.36. The zero-order valence-electron chi connectivity index (χ0n) is 12.9. The molecule has 1 aromatic carbocycles. The molecule has 1 aromatic rings. The molecule has 2 fully saturated rings.